The summed E-state index contributed by atoms with van der Waals surface area (Å²) >= 11 is 0. The van der Waals surface area contributed by atoms with Crippen molar-refractivity contribution < 1.29 is 23.5 Å². The van der Waals surface area contributed by atoms with Crippen LogP contribution in [0.1, 0.15) is 51.0 Å². The molecule has 0 saturated carbocycles. The van der Waals surface area contributed by atoms with Crippen molar-refractivity contribution in [1.29, 1.82) is 0 Å². The number of para-hydroxylation sites is 1. The van der Waals surface area contributed by atoms with Crippen molar-refractivity contribution >= 4 is 39.7 Å². The Labute approximate surface area is 214 Å². The molecule has 1 amide bonds. The number of nitrogens with zero attached hydrogens (tertiary/aromatic N) is 4. The molecule has 1 aliphatic heterocycles. The molecule has 0 radical (unpaired) electrons. The van der Waals surface area contributed by atoms with E-state index in [0.717, 1.165) is 22.3 Å². The number of aromatic nitrogens is 3. The van der Waals surface area contributed by atoms with Crippen molar-refractivity contribution in [3.05, 3.63) is 47.8 Å². The second-order valence-corrected chi connectivity index (χ2v) is 10.8. The number of benzene rings is 2. The number of halogens is 1. The fourth-order valence-corrected chi connectivity index (χ4v) is 5.13. The summed E-state index contributed by atoms with van der Waals surface area (Å²) < 4.78 is 29.6. The quantitative estimate of drug-likeness (QED) is 0.315. The van der Waals surface area contributed by atoms with E-state index in [4.69, 9.17) is 14.5 Å². The molecule has 9 heteroatoms. The molecule has 0 aliphatic carbocycles. The normalized spacial score (nSPS) is 15.6. The Balaban J connectivity index is 1.74. The van der Waals surface area contributed by atoms with Crippen LogP contribution in [-0.2, 0) is 16.5 Å². The number of hydrogen-bond donors (Lipinski definition) is 0. The molecule has 0 spiro atoms. The fourth-order valence-electron chi connectivity index (χ4n) is 5.13. The minimum Gasteiger partial charge on any atom is -0.465 e. The van der Waals surface area contributed by atoms with Gasteiger partial charge in [0.1, 0.15) is 16.9 Å². The lowest BCUT2D eigenvalue weighted by molar-refractivity contribution is 0.0568. The standard InChI is InChI=1S/C28H31FN4O4/c1-15(2)22-14-32(27(35)37-28(3,4)5)20-10-8-9-16-13-21(33(22)23(16)20)25-30-19-12-17(26(34)36-7)11-18(29)24(19)31(25)6/h8-13,15,22H,14H2,1-7H3. The third kappa shape index (κ3) is 4.02. The lowest BCUT2D eigenvalue weighted by Crippen LogP contribution is -2.44. The van der Waals surface area contributed by atoms with E-state index in [1.54, 1.807) is 22.6 Å². The Hall–Kier alpha value is -3.88. The molecule has 0 bridgehead atoms. The first-order chi connectivity index (χ1) is 17.4. The molecule has 0 N–H and O–H groups in total. The maximum absolute atomic E-state index is 15.1. The van der Waals surface area contributed by atoms with Gasteiger partial charge in [0, 0.05) is 12.4 Å². The molecule has 2 aromatic carbocycles. The van der Waals surface area contributed by atoms with Gasteiger partial charge in [-0.05, 0) is 51.0 Å². The summed E-state index contributed by atoms with van der Waals surface area (Å²) in [7, 11) is 3.02. The fraction of sp³-hybridized carbons (Fsp3) is 0.393. The van der Waals surface area contributed by atoms with Crippen molar-refractivity contribution in [1.82, 2.24) is 14.1 Å². The van der Waals surface area contributed by atoms with Gasteiger partial charge in [-0.1, -0.05) is 26.0 Å². The molecule has 4 aromatic rings. The molecule has 0 saturated heterocycles. The number of ether oxygens (including phenoxy) is 2. The summed E-state index contributed by atoms with van der Waals surface area (Å²) in [6.45, 7) is 10.2. The van der Waals surface area contributed by atoms with E-state index in [2.05, 4.69) is 18.4 Å². The molecule has 0 fully saturated rings. The highest BCUT2D eigenvalue weighted by Crippen LogP contribution is 2.43. The highest BCUT2D eigenvalue weighted by Gasteiger charge is 2.36. The molecule has 194 valence electrons. The van der Waals surface area contributed by atoms with Gasteiger partial charge in [-0.25, -0.2) is 19.0 Å². The highest BCUT2D eigenvalue weighted by atomic mass is 19.1. The van der Waals surface area contributed by atoms with Gasteiger partial charge in [0.25, 0.3) is 0 Å². The average Bonchev–Trinajstić information content (AvgIpc) is 3.36. The second-order valence-electron chi connectivity index (χ2n) is 10.8. The number of aryl methyl sites for hydroxylation is 1. The van der Waals surface area contributed by atoms with Crippen LogP contribution in [0.5, 0.6) is 0 Å². The van der Waals surface area contributed by atoms with Crippen molar-refractivity contribution in [2.24, 2.45) is 13.0 Å². The number of esters is 1. The van der Waals surface area contributed by atoms with E-state index in [-0.39, 0.29) is 23.6 Å². The zero-order valence-electron chi connectivity index (χ0n) is 22.1. The Kier molecular flexibility index (Phi) is 5.77. The first-order valence-corrected chi connectivity index (χ1v) is 12.3. The number of imidazole rings is 1. The zero-order valence-corrected chi connectivity index (χ0v) is 22.1. The number of fused-ring (bicyclic) bond motifs is 1. The van der Waals surface area contributed by atoms with E-state index in [0.29, 0.717) is 23.4 Å². The minimum absolute atomic E-state index is 0.0785. The van der Waals surface area contributed by atoms with Crippen LogP contribution < -0.4 is 4.90 Å². The lowest BCUT2D eigenvalue weighted by atomic mass is 10.00. The molecule has 3 heterocycles. The van der Waals surface area contributed by atoms with Crippen LogP contribution in [0.2, 0.25) is 0 Å². The van der Waals surface area contributed by atoms with E-state index >= 15 is 4.39 Å². The third-order valence-corrected chi connectivity index (χ3v) is 6.79. The highest BCUT2D eigenvalue weighted by molar-refractivity contribution is 6.03. The SMILES string of the molecule is COC(=O)c1cc(F)c2c(c1)nc(-c1cc3cccc4c3n1C(C(C)C)CN4C(=O)OC(C)(C)C)n2C. The number of carbonyl (C=O) groups excluding carboxylic acids is 2. The first-order valence-electron chi connectivity index (χ1n) is 12.3. The van der Waals surface area contributed by atoms with Gasteiger partial charge in [-0.3, -0.25) is 4.90 Å². The Morgan fingerprint density at radius 2 is 1.86 bits per heavy atom. The van der Waals surface area contributed by atoms with Gasteiger partial charge in [0.05, 0.1) is 47.7 Å². The largest absolute Gasteiger partial charge is 0.465 e. The number of rotatable bonds is 3. The van der Waals surface area contributed by atoms with Crippen LogP contribution in [0.25, 0.3) is 33.5 Å². The van der Waals surface area contributed by atoms with Crippen LogP contribution in [0.15, 0.2) is 36.4 Å². The predicted octanol–water partition coefficient (Wildman–Crippen LogP) is 6.07. The predicted molar refractivity (Wildman–Crippen MR) is 140 cm³/mol. The van der Waals surface area contributed by atoms with Gasteiger partial charge in [0.15, 0.2) is 5.82 Å². The summed E-state index contributed by atoms with van der Waals surface area (Å²) in [5.74, 6) is -0.436. The molecule has 2 aromatic heterocycles. The maximum Gasteiger partial charge on any atom is 0.414 e. The molecule has 37 heavy (non-hydrogen) atoms. The molecule has 1 unspecified atom stereocenters. The summed E-state index contributed by atoms with van der Waals surface area (Å²) in [5, 5.41) is 0.939. The molecule has 1 aliphatic rings. The molecular formula is C28H31FN4O4. The second kappa shape index (κ2) is 8.61. The van der Waals surface area contributed by atoms with Crippen molar-refractivity contribution in [3.8, 4) is 11.5 Å². The number of anilines is 1. The molecular weight excluding hydrogens is 475 g/mol. The van der Waals surface area contributed by atoms with E-state index in [1.165, 1.54) is 13.2 Å². The average molecular weight is 507 g/mol. The first kappa shape index (κ1) is 24.8. The summed E-state index contributed by atoms with van der Waals surface area (Å²) in [4.78, 5) is 31.8. The monoisotopic (exact) mass is 506 g/mol. The van der Waals surface area contributed by atoms with Crippen LogP contribution in [0.3, 0.4) is 0 Å². The molecule has 5 rings (SSSR count). The minimum atomic E-state index is -0.622. The van der Waals surface area contributed by atoms with E-state index in [1.807, 2.05) is 45.0 Å². The van der Waals surface area contributed by atoms with E-state index < -0.39 is 17.4 Å². The summed E-state index contributed by atoms with van der Waals surface area (Å²) in [5.41, 5.74) is 2.61. The van der Waals surface area contributed by atoms with Crippen molar-refractivity contribution in [2.45, 2.75) is 46.3 Å². The summed E-state index contributed by atoms with van der Waals surface area (Å²) in [6, 6.07) is 10.5. The molecule has 8 nitrogen and oxygen atoms in total. The smallest absolute Gasteiger partial charge is 0.414 e. The Bertz CT molecular complexity index is 1560. The number of amides is 1. The Morgan fingerprint density at radius 1 is 1.14 bits per heavy atom. The van der Waals surface area contributed by atoms with Gasteiger partial charge < -0.3 is 18.6 Å². The van der Waals surface area contributed by atoms with Crippen molar-refractivity contribution in [3.63, 3.8) is 0 Å². The Morgan fingerprint density at radius 3 is 2.51 bits per heavy atom. The van der Waals surface area contributed by atoms with Crippen LogP contribution in [-0.4, -0.2) is 45.4 Å². The van der Waals surface area contributed by atoms with E-state index in [9.17, 15) is 9.59 Å². The van der Waals surface area contributed by atoms with Crippen LogP contribution in [0, 0.1) is 11.7 Å². The molecule has 1 atom stereocenters. The van der Waals surface area contributed by atoms with Gasteiger partial charge in [0.2, 0.25) is 0 Å². The number of hydrogen-bond acceptors (Lipinski definition) is 5. The van der Waals surface area contributed by atoms with Gasteiger partial charge >= 0.3 is 12.1 Å². The van der Waals surface area contributed by atoms with Crippen LogP contribution >= 0.6 is 0 Å². The zero-order chi connectivity index (χ0) is 26.8. The number of methoxy groups -OCH3 is 1. The van der Waals surface area contributed by atoms with Gasteiger partial charge in [-0.2, -0.15) is 0 Å². The lowest BCUT2D eigenvalue weighted by Gasteiger charge is -2.38. The number of carbonyl (C=O) groups is 2. The van der Waals surface area contributed by atoms with Gasteiger partial charge in [-0.15, -0.1) is 0 Å². The maximum atomic E-state index is 15.1. The van der Waals surface area contributed by atoms with Crippen molar-refractivity contribution in [2.75, 3.05) is 18.6 Å². The van der Waals surface area contributed by atoms with Crippen LogP contribution in [0.4, 0.5) is 14.9 Å². The topological polar surface area (TPSA) is 78.6 Å². The third-order valence-electron chi connectivity index (χ3n) is 6.79. The summed E-state index contributed by atoms with van der Waals surface area (Å²) in [6.07, 6.45) is -0.389.